The molecule has 25 heavy (non-hydrogen) atoms. The highest BCUT2D eigenvalue weighted by Crippen LogP contribution is 2.27. The minimum Gasteiger partial charge on any atom is -0.396 e. The monoisotopic (exact) mass is 342 g/mol. The average Bonchev–Trinajstić information content (AvgIpc) is 3.11. The van der Waals surface area contributed by atoms with E-state index in [2.05, 4.69) is 15.6 Å². The van der Waals surface area contributed by atoms with Crippen molar-refractivity contribution in [1.29, 1.82) is 0 Å². The second-order valence-corrected chi connectivity index (χ2v) is 6.78. The van der Waals surface area contributed by atoms with Crippen LogP contribution in [0.1, 0.15) is 54.6 Å². The second-order valence-electron chi connectivity index (χ2n) is 6.78. The van der Waals surface area contributed by atoms with E-state index >= 15 is 0 Å². The van der Waals surface area contributed by atoms with Crippen molar-refractivity contribution in [2.75, 3.05) is 6.61 Å². The molecule has 2 N–H and O–H groups in total. The lowest BCUT2D eigenvalue weighted by atomic mass is 9.82. The second kappa shape index (κ2) is 8.76. The first-order valence-corrected chi connectivity index (χ1v) is 9.12. The van der Waals surface area contributed by atoms with Gasteiger partial charge in [-0.25, -0.2) is 4.68 Å². The molecule has 1 fully saturated rings. The molecular formula is C19H26N4O2. The molecule has 6 nitrogen and oxygen atoms in total. The van der Waals surface area contributed by atoms with Gasteiger partial charge in [-0.1, -0.05) is 54.8 Å². The number of aromatic nitrogens is 3. The largest absolute Gasteiger partial charge is 0.396 e. The van der Waals surface area contributed by atoms with Gasteiger partial charge in [0.1, 0.15) is 0 Å². The Morgan fingerprint density at radius 2 is 2.00 bits per heavy atom. The lowest BCUT2D eigenvalue weighted by Crippen LogP contribution is -2.41. The van der Waals surface area contributed by atoms with Crippen LogP contribution in [-0.4, -0.2) is 38.7 Å². The standard InChI is InChI=1S/C19H26N4O2/c24-12-11-17(16-9-5-2-6-10-16)20-19(25)18-14-23(22-21-18)13-15-7-3-1-4-8-15/h1,3-4,7-8,14,16-17,24H,2,5-6,9-13H2,(H,20,25). The van der Waals surface area contributed by atoms with Crippen LogP contribution in [0, 0.1) is 5.92 Å². The van der Waals surface area contributed by atoms with E-state index in [1.807, 2.05) is 30.3 Å². The minimum absolute atomic E-state index is 0.0112. The van der Waals surface area contributed by atoms with Crippen LogP contribution in [0.15, 0.2) is 36.5 Å². The molecule has 1 saturated carbocycles. The molecule has 0 bridgehead atoms. The fourth-order valence-corrected chi connectivity index (χ4v) is 3.59. The third-order valence-corrected chi connectivity index (χ3v) is 4.93. The summed E-state index contributed by atoms with van der Waals surface area (Å²) in [6, 6.07) is 9.96. The van der Waals surface area contributed by atoms with Crippen LogP contribution in [0.2, 0.25) is 0 Å². The van der Waals surface area contributed by atoms with Gasteiger partial charge in [0, 0.05) is 12.6 Å². The minimum atomic E-state index is -0.205. The number of hydrogen-bond donors (Lipinski definition) is 2. The van der Waals surface area contributed by atoms with E-state index in [4.69, 9.17) is 0 Å². The molecule has 1 aromatic carbocycles. The lowest BCUT2D eigenvalue weighted by molar-refractivity contribution is 0.0894. The van der Waals surface area contributed by atoms with E-state index in [1.54, 1.807) is 10.9 Å². The molecule has 1 amide bonds. The van der Waals surface area contributed by atoms with Crippen molar-refractivity contribution in [3.8, 4) is 0 Å². The van der Waals surface area contributed by atoms with Crippen molar-refractivity contribution < 1.29 is 9.90 Å². The third kappa shape index (κ3) is 4.89. The van der Waals surface area contributed by atoms with Crippen molar-refractivity contribution >= 4 is 5.91 Å². The number of amides is 1. The Bertz CT molecular complexity index is 665. The van der Waals surface area contributed by atoms with Crippen molar-refractivity contribution in [1.82, 2.24) is 20.3 Å². The van der Waals surface area contributed by atoms with E-state index in [-0.39, 0.29) is 18.6 Å². The molecule has 6 heteroatoms. The van der Waals surface area contributed by atoms with Gasteiger partial charge in [-0.15, -0.1) is 5.10 Å². The van der Waals surface area contributed by atoms with Crippen molar-refractivity contribution in [3.05, 3.63) is 47.8 Å². The predicted octanol–water partition coefficient (Wildman–Crippen LogP) is 2.39. The molecule has 3 rings (SSSR count). The van der Waals surface area contributed by atoms with Gasteiger partial charge in [-0.05, 0) is 30.7 Å². The zero-order valence-corrected chi connectivity index (χ0v) is 14.5. The zero-order valence-electron chi connectivity index (χ0n) is 14.5. The summed E-state index contributed by atoms with van der Waals surface area (Å²) in [7, 11) is 0. The SMILES string of the molecule is O=C(NC(CCO)C1CCCCC1)c1cn(Cc2ccccc2)nn1. The van der Waals surface area contributed by atoms with Crippen LogP contribution in [0.25, 0.3) is 0 Å². The molecule has 0 radical (unpaired) electrons. The number of nitrogens with zero attached hydrogens (tertiary/aromatic N) is 3. The van der Waals surface area contributed by atoms with Crippen LogP contribution in [0.3, 0.4) is 0 Å². The Morgan fingerprint density at radius 1 is 1.24 bits per heavy atom. The Hall–Kier alpha value is -2.21. The van der Waals surface area contributed by atoms with E-state index in [1.165, 1.54) is 19.3 Å². The molecule has 1 atom stereocenters. The number of carbonyl (C=O) groups excluding carboxylic acids is 1. The number of carbonyl (C=O) groups is 1. The summed E-state index contributed by atoms with van der Waals surface area (Å²) < 4.78 is 1.67. The normalized spacial score (nSPS) is 16.5. The zero-order chi connectivity index (χ0) is 17.5. The van der Waals surface area contributed by atoms with E-state index in [9.17, 15) is 9.90 Å². The van der Waals surface area contributed by atoms with Crippen LogP contribution in [-0.2, 0) is 6.54 Å². The van der Waals surface area contributed by atoms with Gasteiger partial charge in [-0.2, -0.15) is 0 Å². The summed E-state index contributed by atoms with van der Waals surface area (Å²) >= 11 is 0. The van der Waals surface area contributed by atoms with Crippen LogP contribution in [0.5, 0.6) is 0 Å². The third-order valence-electron chi connectivity index (χ3n) is 4.93. The lowest BCUT2D eigenvalue weighted by Gasteiger charge is -2.30. The van der Waals surface area contributed by atoms with Gasteiger partial charge in [0.15, 0.2) is 5.69 Å². The number of nitrogens with one attached hydrogen (secondary N) is 1. The Kier molecular flexibility index (Phi) is 6.17. The van der Waals surface area contributed by atoms with Crippen LogP contribution < -0.4 is 5.32 Å². The summed E-state index contributed by atoms with van der Waals surface area (Å²) in [5, 5.41) is 20.5. The smallest absolute Gasteiger partial charge is 0.273 e. The van der Waals surface area contributed by atoms with Crippen molar-refractivity contribution in [2.24, 2.45) is 5.92 Å². The maximum Gasteiger partial charge on any atom is 0.273 e. The molecule has 2 aromatic rings. The van der Waals surface area contributed by atoms with Crippen molar-refractivity contribution in [3.63, 3.8) is 0 Å². The highest BCUT2D eigenvalue weighted by Gasteiger charge is 2.25. The van der Waals surface area contributed by atoms with Crippen LogP contribution in [0.4, 0.5) is 0 Å². The molecule has 0 saturated heterocycles. The van der Waals surface area contributed by atoms with Gasteiger partial charge in [-0.3, -0.25) is 4.79 Å². The topological polar surface area (TPSA) is 80.0 Å². The van der Waals surface area contributed by atoms with E-state index in [0.29, 0.717) is 24.6 Å². The molecule has 0 spiro atoms. The molecule has 1 aliphatic rings. The molecule has 1 aromatic heterocycles. The van der Waals surface area contributed by atoms with E-state index in [0.717, 1.165) is 18.4 Å². The first kappa shape index (κ1) is 17.6. The van der Waals surface area contributed by atoms with Gasteiger partial charge in [0.2, 0.25) is 0 Å². The Morgan fingerprint density at radius 3 is 2.72 bits per heavy atom. The fourth-order valence-electron chi connectivity index (χ4n) is 3.59. The predicted molar refractivity (Wildman–Crippen MR) is 95.1 cm³/mol. The molecule has 1 aliphatic carbocycles. The molecule has 0 aliphatic heterocycles. The van der Waals surface area contributed by atoms with Gasteiger partial charge >= 0.3 is 0 Å². The quantitative estimate of drug-likeness (QED) is 0.810. The highest BCUT2D eigenvalue weighted by molar-refractivity contribution is 5.92. The summed E-state index contributed by atoms with van der Waals surface area (Å²) in [4.78, 5) is 12.5. The maximum atomic E-state index is 12.5. The Labute approximate surface area is 148 Å². The molecular weight excluding hydrogens is 316 g/mol. The van der Waals surface area contributed by atoms with Crippen LogP contribution >= 0.6 is 0 Å². The first-order chi connectivity index (χ1) is 12.3. The highest BCUT2D eigenvalue weighted by atomic mass is 16.3. The van der Waals surface area contributed by atoms with E-state index < -0.39 is 0 Å². The number of rotatable bonds is 7. The summed E-state index contributed by atoms with van der Waals surface area (Å²) in [5.74, 6) is 0.243. The molecule has 134 valence electrons. The number of benzene rings is 1. The summed E-state index contributed by atoms with van der Waals surface area (Å²) in [6.45, 7) is 0.673. The Balaban J connectivity index is 1.61. The average molecular weight is 342 g/mol. The number of hydrogen-bond acceptors (Lipinski definition) is 4. The maximum absolute atomic E-state index is 12.5. The fraction of sp³-hybridized carbons (Fsp3) is 0.526. The van der Waals surface area contributed by atoms with Crippen molar-refractivity contribution in [2.45, 2.75) is 51.1 Å². The first-order valence-electron chi connectivity index (χ1n) is 9.12. The summed E-state index contributed by atoms with van der Waals surface area (Å²) in [5.41, 5.74) is 1.44. The van der Waals surface area contributed by atoms with Gasteiger partial charge < -0.3 is 10.4 Å². The van der Waals surface area contributed by atoms with Gasteiger partial charge in [0.25, 0.3) is 5.91 Å². The number of aliphatic hydroxyl groups is 1. The molecule has 1 unspecified atom stereocenters. The number of aliphatic hydroxyl groups excluding tert-OH is 1. The summed E-state index contributed by atoms with van der Waals surface area (Å²) in [6.07, 6.45) is 8.18. The van der Waals surface area contributed by atoms with Gasteiger partial charge in [0.05, 0.1) is 12.7 Å². The molecule has 1 heterocycles.